The van der Waals surface area contributed by atoms with Crippen LogP contribution in [0.3, 0.4) is 0 Å². The van der Waals surface area contributed by atoms with Crippen molar-refractivity contribution in [1.82, 2.24) is 4.90 Å². The van der Waals surface area contributed by atoms with Gasteiger partial charge in [-0.25, -0.2) is 0 Å². The lowest BCUT2D eigenvalue weighted by Crippen LogP contribution is -2.58. The topological polar surface area (TPSA) is 49.8 Å². The number of hydrogen-bond acceptors (Lipinski definition) is 3. The van der Waals surface area contributed by atoms with Crippen LogP contribution < -0.4 is 0 Å². The fraction of sp³-hybridized carbons (Fsp3) is 0.350. The van der Waals surface area contributed by atoms with Gasteiger partial charge in [-0.1, -0.05) is 60.7 Å². The van der Waals surface area contributed by atoms with Gasteiger partial charge in [0.15, 0.2) is 6.10 Å². The van der Waals surface area contributed by atoms with Gasteiger partial charge in [0.1, 0.15) is 11.7 Å². The maximum atomic E-state index is 12.8. The van der Waals surface area contributed by atoms with Crippen molar-refractivity contribution < 1.29 is 14.6 Å². The molecule has 1 heterocycles. The fourth-order valence-electron chi connectivity index (χ4n) is 3.21. The molecule has 0 saturated carbocycles. The van der Waals surface area contributed by atoms with Crippen LogP contribution in [0, 0.1) is 0 Å². The summed E-state index contributed by atoms with van der Waals surface area (Å²) in [7, 11) is 1.76. The van der Waals surface area contributed by atoms with Crippen molar-refractivity contribution in [2.45, 2.75) is 37.7 Å². The number of benzene rings is 2. The monoisotopic (exact) mass is 325 g/mol. The van der Waals surface area contributed by atoms with E-state index in [1.54, 1.807) is 18.9 Å². The summed E-state index contributed by atoms with van der Waals surface area (Å²) in [5, 5.41) is 11.1. The van der Waals surface area contributed by atoms with Crippen LogP contribution in [-0.2, 0) is 15.1 Å². The lowest BCUT2D eigenvalue weighted by molar-refractivity contribution is -0.199. The van der Waals surface area contributed by atoms with E-state index < -0.39 is 11.7 Å². The third-order valence-electron chi connectivity index (χ3n) is 4.90. The summed E-state index contributed by atoms with van der Waals surface area (Å²) >= 11 is 0. The SMILES string of the molecule is CC1C(c2ccccc2)OC(C(C)(O)c2ccccc2)C(=O)N1C. The molecule has 0 spiro atoms. The summed E-state index contributed by atoms with van der Waals surface area (Å²) in [6.07, 6.45) is -1.24. The van der Waals surface area contributed by atoms with Crippen LogP contribution in [0.1, 0.15) is 31.1 Å². The number of likely N-dealkylation sites (N-methyl/N-ethyl adjacent to an activating group) is 1. The number of morpholine rings is 1. The Morgan fingerprint density at radius 1 is 1.04 bits per heavy atom. The standard InChI is InChI=1S/C20H23NO3/c1-14-17(15-10-6-4-7-11-15)24-18(19(22)21(14)3)20(2,23)16-12-8-5-9-13-16/h4-14,17-18,23H,1-3H3. The van der Waals surface area contributed by atoms with E-state index in [0.717, 1.165) is 5.56 Å². The van der Waals surface area contributed by atoms with Crippen molar-refractivity contribution in [1.29, 1.82) is 0 Å². The summed E-state index contributed by atoms with van der Waals surface area (Å²) < 4.78 is 6.15. The van der Waals surface area contributed by atoms with E-state index in [9.17, 15) is 9.90 Å². The van der Waals surface area contributed by atoms with E-state index in [2.05, 4.69) is 0 Å². The van der Waals surface area contributed by atoms with Crippen molar-refractivity contribution in [3.05, 3.63) is 71.8 Å². The van der Waals surface area contributed by atoms with Crippen LogP contribution in [0.15, 0.2) is 60.7 Å². The maximum absolute atomic E-state index is 12.8. The van der Waals surface area contributed by atoms with E-state index in [1.807, 2.05) is 67.6 Å². The first-order valence-electron chi connectivity index (χ1n) is 8.18. The van der Waals surface area contributed by atoms with Gasteiger partial charge < -0.3 is 14.7 Å². The average molecular weight is 325 g/mol. The zero-order chi connectivity index (χ0) is 17.3. The minimum Gasteiger partial charge on any atom is -0.382 e. The van der Waals surface area contributed by atoms with Crippen molar-refractivity contribution in [2.24, 2.45) is 0 Å². The van der Waals surface area contributed by atoms with Crippen molar-refractivity contribution in [3.63, 3.8) is 0 Å². The molecule has 2 aromatic rings. The number of nitrogens with zero attached hydrogens (tertiary/aromatic N) is 1. The molecule has 4 nitrogen and oxygen atoms in total. The molecule has 0 radical (unpaired) electrons. The van der Waals surface area contributed by atoms with Gasteiger partial charge in [-0.15, -0.1) is 0 Å². The van der Waals surface area contributed by atoms with E-state index in [1.165, 1.54) is 0 Å². The summed E-state index contributed by atoms with van der Waals surface area (Å²) in [6.45, 7) is 3.60. The van der Waals surface area contributed by atoms with Crippen molar-refractivity contribution in [2.75, 3.05) is 7.05 Å². The molecule has 0 bridgehead atoms. The smallest absolute Gasteiger partial charge is 0.255 e. The number of carbonyl (C=O) groups excluding carboxylic acids is 1. The first kappa shape index (κ1) is 16.7. The maximum Gasteiger partial charge on any atom is 0.255 e. The summed E-state index contributed by atoms with van der Waals surface area (Å²) in [6, 6.07) is 18.9. The molecule has 0 aromatic heterocycles. The Morgan fingerprint density at radius 3 is 2.17 bits per heavy atom. The second kappa shape index (κ2) is 6.38. The van der Waals surface area contributed by atoms with E-state index >= 15 is 0 Å². The molecule has 1 aliphatic heterocycles. The normalized spacial score (nSPS) is 26.9. The molecule has 24 heavy (non-hydrogen) atoms. The molecule has 4 unspecified atom stereocenters. The molecule has 0 aliphatic carbocycles. The summed E-state index contributed by atoms with van der Waals surface area (Å²) in [4.78, 5) is 14.4. The number of carbonyl (C=O) groups is 1. The van der Waals surface area contributed by atoms with Crippen molar-refractivity contribution >= 4 is 5.91 Å². The molecule has 2 aromatic carbocycles. The Morgan fingerprint density at radius 2 is 1.58 bits per heavy atom. The van der Waals surface area contributed by atoms with Crippen LogP contribution in [0.25, 0.3) is 0 Å². The van der Waals surface area contributed by atoms with Crippen LogP contribution in [0.2, 0.25) is 0 Å². The third kappa shape index (κ3) is 2.83. The van der Waals surface area contributed by atoms with Gasteiger partial charge in [0.25, 0.3) is 5.91 Å². The van der Waals surface area contributed by atoms with Crippen LogP contribution in [0.4, 0.5) is 0 Å². The second-order valence-corrected chi connectivity index (χ2v) is 6.55. The van der Waals surface area contributed by atoms with Gasteiger partial charge in [0.2, 0.25) is 0 Å². The minimum atomic E-state index is -1.40. The van der Waals surface area contributed by atoms with Gasteiger partial charge in [0.05, 0.1) is 6.04 Å². The molecule has 1 saturated heterocycles. The lowest BCUT2D eigenvalue weighted by Gasteiger charge is -2.45. The Hall–Kier alpha value is -2.17. The molecule has 1 amide bonds. The van der Waals surface area contributed by atoms with Crippen LogP contribution >= 0.6 is 0 Å². The third-order valence-corrected chi connectivity index (χ3v) is 4.90. The first-order chi connectivity index (χ1) is 11.4. The quantitative estimate of drug-likeness (QED) is 0.944. The highest BCUT2D eigenvalue weighted by Gasteiger charge is 2.48. The fourth-order valence-corrected chi connectivity index (χ4v) is 3.21. The number of amides is 1. The van der Waals surface area contributed by atoms with Crippen LogP contribution in [-0.4, -0.2) is 35.1 Å². The zero-order valence-corrected chi connectivity index (χ0v) is 14.2. The molecular weight excluding hydrogens is 302 g/mol. The first-order valence-corrected chi connectivity index (χ1v) is 8.18. The Bertz CT molecular complexity index is 699. The number of aliphatic hydroxyl groups is 1. The Kier molecular flexibility index (Phi) is 4.43. The minimum absolute atomic E-state index is 0.109. The summed E-state index contributed by atoms with van der Waals surface area (Å²) in [5.74, 6) is -0.205. The highest BCUT2D eigenvalue weighted by molar-refractivity contribution is 5.83. The molecule has 4 heteroatoms. The Labute approximate surface area is 142 Å². The molecular formula is C20H23NO3. The zero-order valence-electron chi connectivity index (χ0n) is 14.2. The molecule has 1 aliphatic rings. The summed E-state index contributed by atoms with van der Waals surface area (Å²) in [5.41, 5.74) is 0.260. The van der Waals surface area contributed by atoms with Gasteiger partial charge in [-0.3, -0.25) is 4.79 Å². The number of rotatable bonds is 3. The van der Waals surface area contributed by atoms with E-state index in [0.29, 0.717) is 5.56 Å². The second-order valence-electron chi connectivity index (χ2n) is 6.55. The highest BCUT2D eigenvalue weighted by atomic mass is 16.5. The molecule has 1 N–H and O–H groups in total. The molecule has 126 valence electrons. The van der Waals surface area contributed by atoms with E-state index in [-0.39, 0.29) is 18.1 Å². The predicted octanol–water partition coefficient (Wildman–Crippen LogP) is 2.88. The predicted molar refractivity (Wildman–Crippen MR) is 92.3 cm³/mol. The van der Waals surface area contributed by atoms with Gasteiger partial charge in [-0.05, 0) is 25.0 Å². The van der Waals surface area contributed by atoms with Crippen molar-refractivity contribution in [3.8, 4) is 0 Å². The highest BCUT2D eigenvalue weighted by Crippen LogP contribution is 2.37. The van der Waals surface area contributed by atoms with Gasteiger partial charge in [0, 0.05) is 7.05 Å². The molecule has 3 rings (SSSR count). The number of ether oxygens (including phenoxy) is 1. The lowest BCUT2D eigenvalue weighted by atomic mass is 9.86. The largest absolute Gasteiger partial charge is 0.382 e. The van der Waals surface area contributed by atoms with E-state index in [4.69, 9.17) is 4.74 Å². The Balaban J connectivity index is 1.97. The average Bonchev–Trinajstić information content (AvgIpc) is 2.61. The molecule has 1 fully saturated rings. The number of hydrogen-bond donors (Lipinski definition) is 1. The van der Waals surface area contributed by atoms with Crippen LogP contribution in [0.5, 0.6) is 0 Å². The molecule has 4 atom stereocenters. The van der Waals surface area contributed by atoms with Gasteiger partial charge >= 0.3 is 0 Å². The van der Waals surface area contributed by atoms with Gasteiger partial charge in [-0.2, -0.15) is 0 Å².